The molecule has 4 unspecified atom stereocenters. The second kappa shape index (κ2) is 7.54. The van der Waals surface area contributed by atoms with E-state index in [1.54, 1.807) is 13.8 Å². The summed E-state index contributed by atoms with van der Waals surface area (Å²) in [4.78, 5) is 15.5. The number of aliphatic hydroxyl groups excluding tert-OH is 1. The number of carbonyl (C=O) groups excluding carboxylic acids is 1. The number of carbonyl (C=O) groups is 1. The summed E-state index contributed by atoms with van der Waals surface area (Å²) in [5.41, 5.74) is 8.73. The Morgan fingerprint density at radius 2 is 1.81 bits per heavy atom. The van der Waals surface area contributed by atoms with E-state index in [1.165, 1.54) is 0 Å². The quantitative estimate of drug-likeness (QED) is 0.426. The van der Waals surface area contributed by atoms with Crippen LogP contribution >= 0.6 is 0 Å². The number of azide groups is 1. The number of aliphatic hydroxyl groups is 1. The Hall–Kier alpha value is -1.42. The third kappa shape index (κ3) is 3.91. The molecule has 0 saturated carbocycles. The number of nitrogens with zero attached hydrogens (tertiary/aromatic N) is 3. The van der Waals surface area contributed by atoms with Crippen molar-refractivity contribution in [2.75, 3.05) is 6.54 Å². The van der Waals surface area contributed by atoms with Crippen molar-refractivity contribution in [2.24, 2.45) is 22.9 Å². The van der Waals surface area contributed by atoms with Gasteiger partial charge in [-0.05, 0) is 37.1 Å². The van der Waals surface area contributed by atoms with Gasteiger partial charge in [0, 0.05) is 11.5 Å². The maximum Gasteiger partial charge on any atom is 0.249 e. The molecule has 3 saturated heterocycles. The molecule has 10 heteroatoms. The molecule has 0 spiro atoms. The molecule has 152 valence electrons. The van der Waals surface area contributed by atoms with Gasteiger partial charge in [0.15, 0.2) is 12.1 Å². The molecule has 0 aromatic rings. The summed E-state index contributed by atoms with van der Waals surface area (Å²) in [6.07, 6.45) is -4.08. The average Bonchev–Trinajstić information content (AvgIpc) is 3.07. The molecule has 9 atom stereocenters. The standard InChI is InChI=1S/C17H28N4O6/c1-7-8(2)11(25-15(9(7)3)20-21-18)14(22)19-6-10-12-13(16(23)24-10)27-17(4,5)26-12/h7-13,15-16,23H,6H2,1-5H3,(H,19,22)/t7-,8-,9?,10+,11?,12+,13?,15+,16?/m0/s1. The van der Waals surface area contributed by atoms with Crippen LogP contribution in [0.25, 0.3) is 10.4 Å². The molecule has 0 aromatic heterocycles. The van der Waals surface area contributed by atoms with Gasteiger partial charge in [0.2, 0.25) is 5.91 Å². The largest absolute Gasteiger partial charge is 0.366 e. The SMILES string of the molecule is CC1[C@H](N=[N+]=[N-])OC(C(=O)NC[C@H]2OC(O)C3OC(C)(C)O[C@@H]32)[C@@H](C)[C@@H]1C. The maximum absolute atomic E-state index is 12.7. The molecule has 3 heterocycles. The van der Waals surface area contributed by atoms with Gasteiger partial charge in [0.25, 0.3) is 0 Å². The van der Waals surface area contributed by atoms with Crippen LogP contribution in [0.15, 0.2) is 5.11 Å². The third-order valence-corrected chi connectivity index (χ3v) is 5.90. The molecule has 0 bridgehead atoms. The monoisotopic (exact) mass is 384 g/mol. The van der Waals surface area contributed by atoms with Crippen LogP contribution in [0, 0.1) is 17.8 Å². The lowest BCUT2D eigenvalue weighted by atomic mass is 9.78. The number of rotatable bonds is 4. The second-order valence-corrected chi connectivity index (χ2v) is 8.10. The number of hydrogen-bond acceptors (Lipinski definition) is 7. The van der Waals surface area contributed by atoms with Gasteiger partial charge in [-0.15, -0.1) is 0 Å². The summed E-state index contributed by atoms with van der Waals surface area (Å²) in [5, 5.41) is 16.5. The summed E-state index contributed by atoms with van der Waals surface area (Å²) in [6, 6.07) is 0. The second-order valence-electron chi connectivity index (χ2n) is 8.10. The van der Waals surface area contributed by atoms with E-state index in [0.29, 0.717) is 0 Å². The van der Waals surface area contributed by atoms with Gasteiger partial charge >= 0.3 is 0 Å². The Bertz CT molecular complexity index is 625. The van der Waals surface area contributed by atoms with E-state index < -0.39 is 42.7 Å². The smallest absolute Gasteiger partial charge is 0.249 e. The average molecular weight is 384 g/mol. The van der Waals surface area contributed by atoms with Gasteiger partial charge < -0.3 is 29.4 Å². The van der Waals surface area contributed by atoms with Gasteiger partial charge in [0.1, 0.15) is 30.6 Å². The summed E-state index contributed by atoms with van der Waals surface area (Å²) >= 11 is 0. The lowest BCUT2D eigenvalue weighted by molar-refractivity contribution is -0.219. The normalized spacial score (nSPS) is 45.8. The highest BCUT2D eigenvalue weighted by molar-refractivity contribution is 5.81. The summed E-state index contributed by atoms with van der Waals surface area (Å²) in [6.45, 7) is 9.60. The van der Waals surface area contributed by atoms with Gasteiger partial charge in [-0.3, -0.25) is 4.79 Å². The van der Waals surface area contributed by atoms with Crippen LogP contribution in [0.3, 0.4) is 0 Å². The highest BCUT2D eigenvalue weighted by atomic mass is 16.8. The summed E-state index contributed by atoms with van der Waals surface area (Å²) in [7, 11) is 0. The molecule has 0 radical (unpaired) electrons. The minimum Gasteiger partial charge on any atom is -0.366 e. The van der Waals surface area contributed by atoms with Crippen LogP contribution in [0.4, 0.5) is 0 Å². The molecule has 3 aliphatic heterocycles. The number of amides is 1. The zero-order valence-electron chi connectivity index (χ0n) is 16.2. The van der Waals surface area contributed by atoms with Crippen LogP contribution in [-0.2, 0) is 23.7 Å². The number of nitrogens with one attached hydrogen (secondary N) is 1. The van der Waals surface area contributed by atoms with E-state index in [4.69, 9.17) is 24.5 Å². The molecule has 10 nitrogen and oxygen atoms in total. The highest BCUT2D eigenvalue weighted by Gasteiger charge is 2.55. The van der Waals surface area contributed by atoms with Crippen molar-refractivity contribution in [3.05, 3.63) is 10.4 Å². The molecule has 2 N–H and O–H groups in total. The Morgan fingerprint density at radius 3 is 2.48 bits per heavy atom. The fourth-order valence-electron chi connectivity index (χ4n) is 4.02. The van der Waals surface area contributed by atoms with Crippen LogP contribution < -0.4 is 5.32 Å². The minimum atomic E-state index is -1.10. The molecule has 3 fully saturated rings. The predicted molar refractivity (Wildman–Crippen MR) is 93.0 cm³/mol. The van der Waals surface area contributed by atoms with Crippen LogP contribution in [0.1, 0.15) is 34.6 Å². The molecule has 3 rings (SSSR count). The first-order valence-electron chi connectivity index (χ1n) is 9.31. The Balaban J connectivity index is 1.61. The molecule has 3 aliphatic rings. The van der Waals surface area contributed by atoms with E-state index in [1.807, 2.05) is 20.8 Å². The number of ether oxygens (including phenoxy) is 4. The van der Waals surface area contributed by atoms with Gasteiger partial charge in [0.05, 0.1) is 0 Å². The van der Waals surface area contributed by atoms with Crippen molar-refractivity contribution >= 4 is 5.91 Å². The highest BCUT2D eigenvalue weighted by Crippen LogP contribution is 2.38. The van der Waals surface area contributed by atoms with Gasteiger partial charge in [-0.2, -0.15) is 0 Å². The van der Waals surface area contributed by atoms with Crippen molar-refractivity contribution in [3.8, 4) is 0 Å². The van der Waals surface area contributed by atoms with Crippen molar-refractivity contribution in [3.63, 3.8) is 0 Å². The molecule has 1 amide bonds. The zero-order valence-corrected chi connectivity index (χ0v) is 16.2. The van der Waals surface area contributed by atoms with Gasteiger partial charge in [-0.1, -0.05) is 25.9 Å². The number of hydrogen-bond donors (Lipinski definition) is 2. The summed E-state index contributed by atoms with van der Waals surface area (Å²) < 4.78 is 22.7. The Labute approximate surface area is 158 Å². The van der Waals surface area contributed by atoms with E-state index in [9.17, 15) is 9.90 Å². The molecular weight excluding hydrogens is 356 g/mol. The first-order chi connectivity index (χ1) is 12.6. The molecule has 0 aromatic carbocycles. The van der Waals surface area contributed by atoms with Crippen molar-refractivity contribution < 1.29 is 28.8 Å². The molecule has 27 heavy (non-hydrogen) atoms. The molecule has 0 aliphatic carbocycles. The van der Waals surface area contributed by atoms with Crippen molar-refractivity contribution in [2.45, 2.75) is 77.3 Å². The Kier molecular flexibility index (Phi) is 5.67. The van der Waals surface area contributed by atoms with Crippen molar-refractivity contribution in [1.29, 1.82) is 0 Å². The fraction of sp³-hybridized carbons (Fsp3) is 0.941. The van der Waals surface area contributed by atoms with Crippen LogP contribution in [0.2, 0.25) is 0 Å². The minimum absolute atomic E-state index is 0.0142. The first kappa shape index (κ1) is 20.3. The summed E-state index contributed by atoms with van der Waals surface area (Å²) in [5.74, 6) is -0.999. The first-order valence-corrected chi connectivity index (χ1v) is 9.31. The maximum atomic E-state index is 12.7. The number of fused-ring (bicyclic) bond motifs is 1. The lowest BCUT2D eigenvalue weighted by Gasteiger charge is -2.41. The molecular formula is C17H28N4O6. The third-order valence-electron chi connectivity index (χ3n) is 5.90. The van der Waals surface area contributed by atoms with E-state index in [-0.39, 0.29) is 30.2 Å². The van der Waals surface area contributed by atoms with Gasteiger partial charge in [-0.25, -0.2) is 0 Å². The zero-order chi connectivity index (χ0) is 19.9. The fourth-order valence-corrected chi connectivity index (χ4v) is 4.02. The van der Waals surface area contributed by atoms with Crippen LogP contribution in [0.5, 0.6) is 0 Å². The Morgan fingerprint density at radius 1 is 1.15 bits per heavy atom. The lowest BCUT2D eigenvalue weighted by Crippen LogP contribution is -2.52. The van der Waals surface area contributed by atoms with E-state index in [2.05, 4.69) is 15.3 Å². The topological polar surface area (TPSA) is 135 Å². The van der Waals surface area contributed by atoms with Crippen molar-refractivity contribution in [1.82, 2.24) is 5.32 Å². The van der Waals surface area contributed by atoms with Crippen LogP contribution in [-0.4, -0.2) is 60.3 Å². The van der Waals surface area contributed by atoms with E-state index >= 15 is 0 Å². The van der Waals surface area contributed by atoms with E-state index in [0.717, 1.165) is 0 Å². The predicted octanol–water partition coefficient (Wildman–Crippen LogP) is 1.28.